The van der Waals surface area contributed by atoms with Gasteiger partial charge in [0.2, 0.25) is 23.1 Å². The molecule has 1 saturated heterocycles. The van der Waals surface area contributed by atoms with Crippen molar-refractivity contribution in [3.63, 3.8) is 0 Å². The Morgan fingerprint density at radius 1 is 1.02 bits per heavy atom. The van der Waals surface area contributed by atoms with Crippen molar-refractivity contribution in [3.8, 4) is 5.75 Å². The van der Waals surface area contributed by atoms with Gasteiger partial charge in [-0.25, -0.2) is 4.79 Å². The first-order chi connectivity index (χ1) is 25.7. The Morgan fingerprint density at radius 3 is 2.26 bits per heavy atom. The third-order valence-electron chi connectivity index (χ3n) is 9.56. The second kappa shape index (κ2) is 18.0. The van der Waals surface area contributed by atoms with Crippen LogP contribution in [-0.4, -0.2) is 112 Å². The largest absolute Gasteiger partial charge is 0.417 e. The topological polar surface area (TPSA) is 238 Å². The number of benzene rings is 2. The summed E-state index contributed by atoms with van der Waals surface area (Å²) in [6.07, 6.45) is -1.46. The van der Waals surface area contributed by atoms with Gasteiger partial charge < -0.3 is 30.7 Å². The molecule has 2 aromatic carbocycles. The molecule has 1 heterocycles. The number of unbranched alkanes of at least 4 members (excludes halogenated alkanes) is 1. The maximum atomic E-state index is 14.8. The Morgan fingerprint density at radius 2 is 1.69 bits per heavy atom. The van der Waals surface area contributed by atoms with Gasteiger partial charge in [-0.05, 0) is 83.7 Å². The molecule has 0 radical (unpaired) electrons. The Balaban J connectivity index is 1.60. The lowest BCUT2D eigenvalue weighted by Gasteiger charge is -2.41. The minimum atomic E-state index is -2.73. The van der Waals surface area contributed by atoms with E-state index in [1.807, 2.05) is 0 Å². The van der Waals surface area contributed by atoms with Gasteiger partial charge in [0, 0.05) is 43.8 Å². The molecule has 1 saturated carbocycles. The van der Waals surface area contributed by atoms with Crippen LogP contribution in [0.2, 0.25) is 0 Å². The maximum absolute atomic E-state index is 14.8. The van der Waals surface area contributed by atoms with E-state index in [0.717, 1.165) is 29.2 Å². The number of amides is 4. The third kappa shape index (κ3) is 8.63. The molecule has 2 aliphatic rings. The molecule has 17 nitrogen and oxygen atoms in total. The number of rotatable bonds is 16. The first-order valence-electron chi connectivity index (χ1n) is 17.8. The summed E-state index contributed by atoms with van der Waals surface area (Å²) in [5.74, 6) is -4.90. The molecule has 2 aromatic rings. The second-order valence-electron chi connectivity index (χ2n) is 13.5. The minimum absolute atomic E-state index is 0.0429. The number of ether oxygens (including phenoxy) is 2. The number of nitro benzene ring substituents is 1. The minimum Gasteiger partial charge on any atom is -0.410 e. The molecule has 5 atom stereocenters. The van der Waals surface area contributed by atoms with Gasteiger partial charge in [-0.3, -0.25) is 43.8 Å². The van der Waals surface area contributed by atoms with Crippen LogP contribution in [0.1, 0.15) is 69.7 Å². The van der Waals surface area contributed by atoms with Crippen LogP contribution in [0.3, 0.4) is 0 Å². The molecule has 1 aliphatic heterocycles. The number of non-ortho nitro benzene ring substituents is 1. The van der Waals surface area contributed by atoms with E-state index in [2.05, 4.69) is 10.6 Å². The zero-order valence-corrected chi connectivity index (χ0v) is 30.6. The standard InChI is InChI=1S/C37H46N6O11/c1-22(2)42(36(50)54-26-17-15-25(16-18-26)43(51)52)37(30(44)21-29(53-4)32(37)46)31(45)28-14-10-20-41(28)35(49)23(3)39-34(48)27(13-8-9-19-38)40-33(47)24-11-6-5-7-12-24/h5-7,11-12,15-18,22-23,27-29H,8-10,13-14,19-21,38H2,1-4H3,(H,39,48)(H,40,47)/t23-,27-,28-,29?,37?/m0/s1. The van der Waals surface area contributed by atoms with Crippen molar-refractivity contribution in [3.05, 3.63) is 70.3 Å². The van der Waals surface area contributed by atoms with Gasteiger partial charge in [-0.2, -0.15) is 0 Å². The summed E-state index contributed by atoms with van der Waals surface area (Å²) in [6, 6.07) is 8.25. The van der Waals surface area contributed by atoms with Gasteiger partial charge in [0.1, 0.15) is 23.9 Å². The summed E-state index contributed by atoms with van der Waals surface area (Å²) >= 11 is 0. The number of hydrogen-bond donors (Lipinski definition) is 3. The number of carbonyl (C=O) groups excluding carboxylic acids is 7. The van der Waals surface area contributed by atoms with Gasteiger partial charge in [-0.1, -0.05) is 18.2 Å². The van der Waals surface area contributed by atoms with Gasteiger partial charge in [0.15, 0.2) is 11.6 Å². The van der Waals surface area contributed by atoms with Crippen molar-refractivity contribution in [2.75, 3.05) is 20.2 Å². The van der Waals surface area contributed by atoms with Crippen molar-refractivity contribution in [1.82, 2.24) is 20.4 Å². The molecular weight excluding hydrogens is 704 g/mol. The van der Waals surface area contributed by atoms with E-state index in [4.69, 9.17) is 15.2 Å². The molecule has 0 aromatic heterocycles. The predicted molar refractivity (Wildman–Crippen MR) is 192 cm³/mol. The fourth-order valence-electron chi connectivity index (χ4n) is 6.88. The monoisotopic (exact) mass is 750 g/mol. The Kier molecular flexibility index (Phi) is 13.7. The molecule has 0 bridgehead atoms. The molecule has 4 rings (SSSR count). The molecule has 1 aliphatic carbocycles. The van der Waals surface area contributed by atoms with E-state index in [0.29, 0.717) is 31.4 Å². The summed E-state index contributed by atoms with van der Waals surface area (Å²) in [4.78, 5) is 110. The maximum Gasteiger partial charge on any atom is 0.417 e. The normalized spacial score (nSPS) is 20.7. The molecule has 2 fully saturated rings. The lowest BCUT2D eigenvalue weighted by molar-refractivity contribution is -0.384. The molecule has 4 N–H and O–H groups in total. The zero-order valence-electron chi connectivity index (χ0n) is 30.6. The molecule has 0 spiro atoms. The first kappa shape index (κ1) is 41.2. The fraction of sp³-hybridized carbons (Fsp3) is 0.486. The van der Waals surface area contributed by atoms with Crippen LogP contribution < -0.4 is 21.1 Å². The van der Waals surface area contributed by atoms with Crippen molar-refractivity contribution in [1.29, 1.82) is 0 Å². The first-order valence-corrected chi connectivity index (χ1v) is 17.8. The van der Waals surface area contributed by atoms with Crippen molar-refractivity contribution >= 4 is 46.9 Å². The summed E-state index contributed by atoms with van der Waals surface area (Å²) in [6.45, 7) is 4.79. The number of methoxy groups -OCH3 is 1. The summed E-state index contributed by atoms with van der Waals surface area (Å²) in [7, 11) is 1.19. The van der Waals surface area contributed by atoms with E-state index in [-0.39, 0.29) is 30.8 Å². The SMILES string of the molecule is COC1CC(=O)C(C(=O)[C@@H]2CCCN2C(=O)[C@H](C)NC(=O)[C@H](CCCCN)NC(=O)c2ccccc2)(N(C(=O)Oc2ccc([N+](=O)[O-])cc2)C(C)C)C1=O. The quantitative estimate of drug-likeness (QED) is 0.0968. The average Bonchev–Trinajstić information content (AvgIpc) is 3.73. The number of nitrogens with zero attached hydrogens (tertiary/aromatic N) is 3. The van der Waals surface area contributed by atoms with E-state index in [1.54, 1.807) is 30.3 Å². The fourth-order valence-corrected chi connectivity index (χ4v) is 6.88. The van der Waals surface area contributed by atoms with Crippen LogP contribution >= 0.6 is 0 Å². The second-order valence-corrected chi connectivity index (χ2v) is 13.5. The average molecular weight is 751 g/mol. The molecule has 4 amide bonds. The highest BCUT2D eigenvalue weighted by molar-refractivity contribution is 6.36. The highest BCUT2D eigenvalue weighted by atomic mass is 16.6. The van der Waals surface area contributed by atoms with Crippen molar-refractivity contribution < 1.29 is 48.0 Å². The zero-order chi connectivity index (χ0) is 39.7. The summed E-state index contributed by atoms with van der Waals surface area (Å²) in [5.41, 5.74) is 2.96. The van der Waals surface area contributed by atoms with Crippen LogP contribution in [0.5, 0.6) is 5.75 Å². The number of nitro groups is 1. The molecule has 17 heteroatoms. The lowest BCUT2D eigenvalue weighted by atomic mass is 9.82. The number of nitrogens with one attached hydrogen (secondary N) is 2. The van der Waals surface area contributed by atoms with Gasteiger partial charge in [0.05, 0.1) is 11.0 Å². The van der Waals surface area contributed by atoms with Gasteiger partial charge >= 0.3 is 6.09 Å². The van der Waals surface area contributed by atoms with E-state index < -0.39 is 88.3 Å². The van der Waals surface area contributed by atoms with Crippen LogP contribution in [0.25, 0.3) is 0 Å². The number of carbonyl (C=O) groups is 7. The molecule has 54 heavy (non-hydrogen) atoms. The Bertz CT molecular complexity index is 1750. The van der Waals surface area contributed by atoms with Crippen molar-refractivity contribution in [2.45, 2.75) is 95.1 Å². The highest BCUT2D eigenvalue weighted by Gasteiger charge is 2.67. The Hall–Kier alpha value is -5.55. The number of likely N-dealkylation sites (tertiary alicyclic amines) is 1. The van der Waals surface area contributed by atoms with E-state index in [9.17, 15) is 43.7 Å². The van der Waals surface area contributed by atoms with E-state index >= 15 is 0 Å². The van der Waals surface area contributed by atoms with E-state index in [1.165, 1.54) is 32.8 Å². The summed E-state index contributed by atoms with van der Waals surface area (Å²) < 4.78 is 10.7. The number of Topliss-reactive ketones (excluding diaryl/α,β-unsaturated/α-hetero) is 3. The van der Waals surface area contributed by atoms with Crippen LogP contribution in [0, 0.1) is 10.1 Å². The third-order valence-corrected chi connectivity index (χ3v) is 9.56. The molecule has 290 valence electrons. The number of hydrogen-bond acceptors (Lipinski definition) is 12. The highest BCUT2D eigenvalue weighted by Crippen LogP contribution is 2.38. The predicted octanol–water partition coefficient (Wildman–Crippen LogP) is 2.09. The summed E-state index contributed by atoms with van der Waals surface area (Å²) in [5, 5.41) is 16.5. The lowest BCUT2D eigenvalue weighted by Crippen LogP contribution is -2.70. The molecule has 2 unspecified atom stereocenters. The van der Waals surface area contributed by atoms with Gasteiger partial charge in [0.25, 0.3) is 11.6 Å². The number of nitrogens with two attached hydrogens (primary N) is 1. The van der Waals surface area contributed by atoms with Crippen LogP contribution in [0.4, 0.5) is 10.5 Å². The van der Waals surface area contributed by atoms with Crippen LogP contribution in [0.15, 0.2) is 54.6 Å². The van der Waals surface area contributed by atoms with Crippen molar-refractivity contribution in [2.24, 2.45) is 5.73 Å². The number of ketones is 3. The van der Waals surface area contributed by atoms with Gasteiger partial charge in [-0.15, -0.1) is 0 Å². The van der Waals surface area contributed by atoms with Crippen LogP contribution in [-0.2, 0) is 28.7 Å². The Labute approximate surface area is 312 Å². The smallest absolute Gasteiger partial charge is 0.410 e. The molecular formula is C37H46N6O11.